The molecule has 0 bridgehead atoms. The van der Waals surface area contributed by atoms with E-state index in [9.17, 15) is 4.79 Å². The average molecular weight is 460 g/mol. The van der Waals surface area contributed by atoms with Gasteiger partial charge in [-0.25, -0.2) is 4.98 Å². The molecule has 1 aromatic heterocycles. The van der Waals surface area contributed by atoms with Crippen LogP contribution >= 0.6 is 11.6 Å². The molecular weight excluding hydrogens is 434 g/mol. The van der Waals surface area contributed by atoms with E-state index in [0.29, 0.717) is 36.0 Å². The van der Waals surface area contributed by atoms with Crippen LogP contribution < -0.4 is 9.64 Å². The highest BCUT2D eigenvalue weighted by Crippen LogP contribution is 2.38. The number of hydrogen-bond acceptors (Lipinski definition) is 3. The summed E-state index contributed by atoms with van der Waals surface area (Å²) in [5, 5.41) is 0.573. The fourth-order valence-electron chi connectivity index (χ4n) is 4.70. The number of para-hydroxylation sites is 2. The summed E-state index contributed by atoms with van der Waals surface area (Å²) in [6.45, 7) is 5.50. The number of halogens is 1. The van der Waals surface area contributed by atoms with Crippen LogP contribution in [0.1, 0.15) is 34.9 Å². The normalized spacial score (nSPS) is 16.1. The molecule has 5 rings (SSSR count). The number of fused-ring (bicyclic) bond motifs is 1. The van der Waals surface area contributed by atoms with E-state index < -0.39 is 0 Å². The van der Waals surface area contributed by atoms with E-state index in [4.69, 9.17) is 21.3 Å². The van der Waals surface area contributed by atoms with Gasteiger partial charge in [0.2, 0.25) is 5.91 Å². The zero-order chi connectivity index (χ0) is 23.1. The molecule has 33 heavy (non-hydrogen) atoms. The van der Waals surface area contributed by atoms with Crippen LogP contribution in [0.2, 0.25) is 5.02 Å². The molecule has 0 radical (unpaired) electrons. The van der Waals surface area contributed by atoms with Crippen LogP contribution in [0.4, 0.5) is 5.69 Å². The van der Waals surface area contributed by atoms with Gasteiger partial charge in [-0.1, -0.05) is 47.5 Å². The number of aromatic nitrogens is 2. The Labute approximate surface area is 198 Å². The molecule has 0 saturated carbocycles. The molecule has 6 heteroatoms. The lowest BCUT2D eigenvalue weighted by atomic mass is 10.0. The molecule has 1 fully saturated rings. The highest BCUT2D eigenvalue weighted by molar-refractivity contribution is 6.31. The summed E-state index contributed by atoms with van der Waals surface area (Å²) in [5.41, 5.74) is 6.48. The van der Waals surface area contributed by atoms with Crippen LogP contribution in [0.3, 0.4) is 0 Å². The quantitative estimate of drug-likeness (QED) is 0.374. The Kier molecular flexibility index (Phi) is 5.59. The molecule has 1 aliphatic rings. The van der Waals surface area contributed by atoms with Crippen LogP contribution in [-0.2, 0) is 11.3 Å². The Morgan fingerprint density at radius 1 is 1.09 bits per heavy atom. The summed E-state index contributed by atoms with van der Waals surface area (Å²) in [7, 11) is 1.61. The maximum absolute atomic E-state index is 13.1. The van der Waals surface area contributed by atoms with Crippen molar-refractivity contribution >= 4 is 34.2 Å². The number of benzene rings is 3. The molecule has 1 amide bonds. The number of ether oxygens (including phenoxy) is 1. The van der Waals surface area contributed by atoms with Gasteiger partial charge in [0, 0.05) is 30.5 Å². The zero-order valence-electron chi connectivity index (χ0n) is 19.0. The van der Waals surface area contributed by atoms with Gasteiger partial charge >= 0.3 is 0 Å². The standard InChI is InChI=1S/C27H26ClN3O2/c1-17-8-9-18(2)19(12-17)15-31-23-7-5-4-6-22(23)29-27(31)20-13-26(32)30(16-20)24-14-21(28)10-11-25(24)33-3/h4-12,14,20H,13,15-16H2,1-3H3. The van der Waals surface area contributed by atoms with Gasteiger partial charge in [-0.2, -0.15) is 0 Å². The fraction of sp³-hybridized carbons (Fsp3) is 0.259. The lowest BCUT2D eigenvalue weighted by molar-refractivity contribution is -0.117. The van der Waals surface area contributed by atoms with E-state index in [-0.39, 0.29) is 11.8 Å². The van der Waals surface area contributed by atoms with E-state index in [1.807, 2.05) is 18.2 Å². The van der Waals surface area contributed by atoms with E-state index in [1.165, 1.54) is 16.7 Å². The zero-order valence-corrected chi connectivity index (χ0v) is 19.8. The highest BCUT2D eigenvalue weighted by Gasteiger charge is 2.36. The topological polar surface area (TPSA) is 47.4 Å². The molecule has 1 unspecified atom stereocenters. The molecule has 1 saturated heterocycles. The minimum Gasteiger partial charge on any atom is -0.495 e. The first-order chi connectivity index (χ1) is 15.9. The van der Waals surface area contributed by atoms with Crippen molar-refractivity contribution in [1.29, 1.82) is 0 Å². The molecule has 0 N–H and O–H groups in total. The van der Waals surface area contributed by atoms with Gasteiger partial charge in [0.25, 0.3) is 0 Å². The predicted molar refractivity (Wildman–Crippen MR) is 132 cm³/mol. The van der Waals surface area contributed by atoms with Crippen molar-refractivity contribution in [2.75, 3.05) is 18.6 Å². The summed E-state index contributed by atoms with van der Waals surface area (Å²) in [5.74, 6) is 1.59. The molecule has 4 aromatic rings. The first kappa shape index (κ1) is 21.5. The van der Waals surface area contributed by atoms with Crippen LogP contribution in [0, 0.1) is 13.8 Å². The molecule has 168 valence electrons. The Balaban J connectivity index is 1.56. The second-order valence-corrected chi connectivity index (χ2v) is 9.13. The van der Waals surface area contributed by atoms with Crippen LogP contribution in [-0.4, -0.2) is 29.1 Å². The minimum absolute atomic E-state index is 0.0290. The number of nitrogens with zero attached hydrogens (tertiary/aromatic N) is 3. The summed E-state index contributed by atoms with van der Waals surface area (Å²) < 4.78 is 7.78. The smallest absolute Gasteiger partial charge is 0.227 e. The predicted octanol–water partition coefficient (Wildman–Crippen LogP) is 5.88. The molecule has 5 nitrogen and oxygen atoms in total. The van der Waals surface area contributed by atoms with E-state index in [0.717, 1.165) is 16.9 Å². The van der Waals surface area contributed by atoms with Crippen molar-refractivity contribution < 1.29 is 9.53 Å². The average Bonchev–Trinajstić information content (AvgIpc) is 3.37. The molecule has 1 atom stereocenters. The number of rotatable bonds is 5. The number of carbonyl (C=O) groups is 1. The van der Waals surface area contributed by atoms with Crippen molar-refractivity contribution in [2.24, 2.45) is 0 Å². The summed E-state index contributed by atoms with van der Waals surface area (Å²) >= 11 is 6.24. The molecular formula is C27H26ClN3O2. The van der Waals surface area contributed by atoms with E-state index in [2.05, 4.69) is 42.7 Å². The first-order valence-electron chi connectivity index (χ1n) is 11.1. The van der Waals surface area contributed by atoms with Gasteiger partial charge < -0.3 is 14.2 Å². The van der Waals surface area contributed by atoms with Gasteiger partial charge in [-0.3, -0.25) is 4.79 Å². The van der Waals surface area contributed by atoms with Gasteiger partial charge in [-0.05, 0) is 55.3 Å². The third-order valence-corrected chi connectivity index (χ3v) is 6.67. The van der Waals surface area contributed by atoms with Crippen molar-refractivity contribution in [2.45, 2.75) is 32.7 Å². The van der Waals surface area contributed by atoms with Gasteiger partial charge in [0.05, 0.1) is 23.8 Å². The van der Waals surface area contributed by atoms with Crippen molar-refractivity contribution in [3.63, 3.8) is 0 Å². The number of imidazole rings is 1. The second-order valence-electron chi connectivity index (χ2n) is 8.70. The summed E-state index contributed by atoms with van der Waals surface area (Å²) in [6.07, 6.45) is 0.395. The van der Waals surface area contributed by atoms with Crippen molar-refractivity contribution in [3.05, 3.63) is 88.2 Å². The largest absolute Gasteiger partial charge is 0.495 e. The lowest BCUT2D eigenvalue weighted by Crippen LogP contribution is -2.25. The molecule has 2 heterocycles. The van der Waals surface area contributed by atoms with Gasteiger partial charge in [0.1, 0.15) is 11.6 Å². The lowest BCUT2D eigenvalue weighted by Gasteiger charge is -2.20. The maximum atomic E-state index is 13.1. The minimum atomic E-state index is -0.0290. The molecule has 1 aliphatic heterocycles. The Morgan fingerprint density at radius 3 is 2.73 bits per heavy atom. The van der Waals surface area contributed by atoms with Crippen LogP contribution in [0.25, 0.3) is 11.0 Å². The second kappa shape index (κ2) is 8.56. The van der Waals surface area contributed by atoms with Gasteiger partial charge in [-0.15, -0.1) is 0 Å². The third kappa shape index (κ3) is 3.98. The van der Waals surface area contributed by atoms with Crippen LogP contribution in [0.15, 0.2) is 60.7 Å². The van der Waals surface area contributed by atoms with E-state index in [1.54, 1.807) is 30.2 Å². The number of methoxy groups -OCH3 is 1. The summed E-state index contributed by atoms with van der Waals surface area (Å²) in [6, 6.07) is 20.1. The number of hydrogen-bond donors (Lipinski definition) is 0. The van der Waals surface area contributed by atoms with Crippen molar-refractivity contribution in [1.82, 2.24) is 9.55 Å². The van der Waals surface area contributed by atoms with Gasteiger partial charge in [0.15, 0.2) is 0 Å². The number of carbonyl (C=O) groups excluding carboxylic acids is 1. The SMILES string of the molecule is COc1ccc(Cl)cc1N1CC(c2nc3ccccc3n2Cc2cc(C)ccc2C)CC1=O. The summed E-state index contributed by atoms with van der Waals surface area (Å²) in [4.78, 5) is 19.9. The maximum Gasteiger partial charge on any atom is 0.227 e. The Hall–Kier alpha value is -3.31. The molecule has 0 aliphatic carbocycles. The molecule has 3 aromatic carbocycles. The number of aryl methyl sites for hydroxylation is 2. The van der Waals surface area contributed by atoms with E-state index >= 15 is 0 Å². The highest BCUT2D eigenvalue weighted by atomic mass is 35.5. The third-order valence-electron chi connectivity index (χ3n) is 6.44. The Bertz CT molecular complexity index is 1360. The Morgan fingerprint density at radius 2 is 1.91 bits per heavy atom. The fourth-order valence-corrected chi connectivity index (χ4v) is 4.87. The number of amides is 1. The van der Waals surface area contributed by atoms with Crippen molar-refractivity contribution in [3.8, 4) is 5.75 Å². The molecule has 0 spiro atoms. The number of anilines is 1. The van der Waals surface area contributed by atoms with Crippen LogP contribution in [0.5, 0.6) is 5.75 Å². The first-order valence-corrected chi connectivity index (χ1v) is 11.5. The monoisotopic (exact) mass is 459 g/mol.